The molecule has 28 heavy (non-hydrogen) atoms. The predicted octanol–water partition coefficient (Wildman–Crippen LogP) is 3.97. The van der Waals surface area contributed by atoms with E-state index >= 15 is 0 Å². The maximum Gasteiger partial charge on any atom is 0.240 e. The quantitative estimate of drug-likeness (QED) is 0.684. The molecule has 4 rings (SSSR count). The van der Waals surface area contributed by atoms with E-state index in [1.54, 1.807) is 0 Å². The van der Waals surface area contributed by atoms with Gasteiger partial charge in [-0.1, -0.05) is 37.3 Å². The molecule has 0 unspecified atom stereocenters. The fourth-order valence-electron chi connectivity index (χ4n) is 3.87. The summed E-state index contributed by atoms with van der Waals surface area (Å²) >= 11 is 1.52. The number of aromatic nitrogens is 3. The molecule has 2 aromatic heterocycles. The van der Waals surface area contributed by atoms with Crippen LogP contribution in [0, 0.1) is 5.92 Å². The lowest BCUT2D eigenvalue weighted by Crippen LogP contribution is -2.40. The van der Waals surface area contributed by atoms with Gasteiger partial charge in [0.15, 0.2) is 5.13 Å². The molecule has 6 nitrogen and oxygen atoms in total. The van der Waals surface area contributed by atoms with Crippen molar-refractivity contribution in [2.45, 2.75) is 39.2 Å². The second kappa shape index (κ2) is 8.41. The van der Waals surface area contributed by atoms with E-state index in [0.717, 1.165) is 48.5 Å². The number of amides is 1. The van der Waals surface area contributed by atoms with Gasteiger partial charge < -0.3 is 9.88 Å². The smallest absolute Gasteiger partial charge is 0.240 e. The molecule has 7 heteroatoms. The van der Waals surface area contributed by atoms with Crippen molar-refractivity contribution in [1.29, 1.82) is 0 Å². The van der Waals surface area contributed by atoms with Crippen LogP contribution in [0.15, 0.2) is 36.7 Å². The van der Waals surface area contributed by atoms with Crippen LogP contribution in [0.3, 0.4) is 0 Å². The fraction of sp³-hybridized carbons (Fsp3) is 0.476. The third kappa shape index (κ3) is 4.42. The molecule has 0 spiro atoms. The molecule has 1 aromatic carbocycles. The highest BCUT2D eigenvalue weighted by Crippen LogP contribution is 2.26. The molecule has 0 aliphatic carbocycles. The number of piperidine rings is 1. The van der Waals surface area contributed by atoms with Crippen LogP contribution in [0.1, 0.15) is 38.4 Å². The zero-order valence-corrected chi connectivity index (χ0v) is 17.3. The number of hydrogen-bond acceptors (Lipinski definition) is 5. The maximum atomic E-state index is 12.4. The van der Waals surface area contributed by atoms with Gasteiger partial charge in [0.25, 0.3) is 0 Å². The molecule has 1 saturated heterocycles. The Balaban J connectivity index is 1.26. The molecule has 0 saturated carbocycles. The summed E-state index contributed by atoms with van der Waals surface area (Å²) in [6.07, 6.45) is 6.22. The van der Waals surface area contributed by atoms with E-state index in [1.807, 2.05) is 30.5 Å². The number of fused-ring (bicyclic) bond motifs is 1. The monoisotopic (exact) mass is 397 g/mol. The Kier molecular flexibility index (Phi) is 5.73. The summed E-state index contributed by atoms with van der Waals surface area (Å²) in [6, 6.07) is 7.95. The van der Waals surface area contributed by atoms with Crippen LogP contribution >= 0.6 is 11.3 Å². The molecule has 148 valence electrons. The predicted molar refractivity (Wildman–Crippen MR) is 114 cm³/mol. The van der Waals surface area contributed by atoms with Gasteiger partial charge in [0.1, 0.15) is 5.82 Å². The number of hydrogen-bond donors (Lipinski definition) is 1. The average Bonchev–Trinajstić information content (AvgIpc) is 3.29. The molecule has 0 bridgehead atoms. The first-order chi connectivity index (χ1) is 13.6. The molecule has 3 heterocycles. The van der Waals surface area contributed by atoms with Crippen LogP contribution in [0.4, 0.5) is 5.13 Å². The summed E-state index contributed by atoms with van der Waals surface area (Å²) in [5.74, 6) is 2.28. The SMILES string of the molecule is CC(C)c1nccn1CC1CCN(CC(=O)Nc2nc3ccccc3s2)CC1. The van der Waals surface area contributed by atoms with E-state index in [0.29, 0.717) is 23.5 Å². The normalized spacial score (nSPS) is 16.1. The van der Waals surface area contributed by atoms with Crippen molar-refractivity contribution < 1.29 is 4.79 Å². The number of carbonyl (C=O) groups is 1. The number of rotatable bonds is 6. The number of nitrogens with one attached hydrogen (secondary N) is 1. The van der Waals surface area contributed by atoms with Crippen LogP contribution < -0.4 is 5.32 Å². The lowest BCUT2D eigenvalue weighted by molar-refractivity contribution is -0.117. The van der Waals surface area contributed by atoms with Crippen molar-refractivity contribution >= 4 is 32.6 Å². The first-order valence-corrected chi connectivity index (χ1v) is 10.8. The van der Waals surface area contributed by atoms with E-state index in [2.05, 4.69) is 44.8 Å². The third-order valence-corrected chi connectivity index (χ3v) is 6.29. The van der Waals surface area contributed by atoms with Crippen molar-refractivity contribution in [3.63, 3.8) is 0 Å². The first-order valence-electron chi connectivity index (χ1n) is 9.97. The summed E-state index contributed by atoms with van der Waals surface area (Å²) in [7, 11) is 0. The number of nitrogens with zero attached hydrogens (tertiary/aromatic N) is 4. The number of thiazole rings is 1. The molecule has 1 aliphatic rings. The largest absolute Gasteiger partial charge is 0.334 e. The van der Waals surface area contributed by atoms with Crippen LogP contribution in [0.25, 0.3) is 10.2 Å². The van der Waals surface area contributed by atoms with Crippen molar-refractivity contribution in [1.82, 2.24) is 19.4 Å². The number of carbonyl (C=O) groups excluding carboxylic acids is 1. The Morgan fingerprint density at radius 1 is 1.29 bits per heavy atom. The summed E-state index contributed by atoms with van der Waals surface area (Å²) in [5.41, 5.74) is 0.934. The van der Waals surface area contributed by atoms with Gasteiger partial charge in [0, 0.05) is 24.9 Å². The molecule has 1 fully saturated rings. The average molecular weight is 398 g/mol. The fourth-order valence-corrected chi connectivity index (χ4v) is 4.75. The highest BCUT2D eigenvalue weighted by Gasteiger charge is 2.22. The highest BCUT2D eigenvalue weighted by molar-refractivity contribution is 7.22. The van der Waals surface area contributed by atoms with Gasteiger partial charge in [0.2, 0.25) is 5.91 Å². The molecular weight excluding hydrogens is 370 g/mol. The van der Waals surface area contributed by atoms with Gasteiger partial charge in [-0.15, -0.1) is 0 Å². The van der Waals surface area contributed by atoms with Gasteiger partial charge >= 0.3 is 0 Å². The molecule has 0 atom stereocenters. The van der Waals surface area contributed by atoms with Gasteiger partial charge in [-0.25, -0.2) is 9.97 Å². The van der Waals surface area contributed by atoms with Crippen molar-refractivity contribution in [2.75, 3.05) is 25.0 Å². The standard InChI is InChI=1S/C21H27N5OS/c1-15(2)20-22-9-12-26(20)13-16-7-10-25(11-8-16)14-19(27)24-21-23-17-5-3-4-6-18(17)28-21/h3-6,9,12,15-16H,7-8,10-11,13-14H2,1-2H3,(H,23,24,27). The molecule has 0 radical (unpaired) electrons. The summed E-state index contributed by atoms with van der Waals surface area (Å²) < 4.78 is 3.39. The Hall–Kier alpha value is -2.25. The van der Waals surface area contributed by atoms with Crippen molar-refractivity contribution in [3.8, 4) is 0 Å². The van der Waals surface area contributed by atoms with Crippen LogP contribution in [-0.4, -0.2) is 45.0 Å². The highest BCUT2D eigenvalue weighted by atomic mass is 32.1. The molecular formula is C21H27N5OS. The minimum absolute atomic E-state index is 0.0224. The molecule has 1 N–H and O–H groups in total. The van der Waals surface area contributed by atoms with E-state index in [1.165, 1.54) is 11.3 Å². The number of para-hydroxylation sites is 1. The van der Waals surface area contributed by atoms with Gasteiger partial charge in [-0.3, -0.25) is 9.69 Å². The minimum atomic E-state index is 0.0224. The lowest BCUT2D eigenvalue weighted by atomic mass is 9.96. The third-order valence-electron chi connectivity index (χ3n) is 5.33. The molecule has 1 aliphatic heterocycles. The number of imidazole rings is 1. The number of likely N-dealkylation sites (tertiary alicyclic amines) is 1. The van der Waals surface area contributed by atoms with E-state index in [9.17, 15) is 4.79 Å². The van der Waals surface area contributed by atoms with E-state index in [4.69, 9.17) is 0 Å². The summed E-state index contributed by atoms with van der Waals surface area (Å²) in [4.78, 5) is 23.6. The Labute approximate surface area is 169 Å². The van der Waals surface area contributed by atoms with Gasteiger partial charge in [0.05, 0.1) is 16.8 Å². The van der Waals surface area contributed by atoms with Gasteiger partial charge in [-0.2, -0.15) is 0 Å². The minimum Gasteiger partial charge on any atom is -0.334 e. The summed E-state index contributed by atoms with van der Waals surface area (Å²) in [6.45, 7) is 7.76. The topological polar surface area (TPSA) is 63.1 Å². The van der Waals surface area contributed by atoms with Gasteiger partial charge in [-0.05, 0) is 44.0 Å². The van der Waals surface area contributed by atoms with Crippen LogP contribution in [-0.2, 0) is 11.3 Å². The van der Waals surface area contributed by atoms with Crippen molar-refractivity contribution in [2.24, 2.45) is 5.92 Å². The zero-order chi connectivity index (χ0) is 19.5. The van der Waals surface area contributed by atoms with Crippen molar-refractivity contribution in [3.05, 3.63) is 42.5 Å². The molecule has 1 amide bonds. The second-order valence-electron chi connectivity index (χ2n) is 7.85. The van der Waals surface area contributed by atoms with Crippen LogP contribution in [0.2, 0.25) is 0 Å². The first kappa shape index (κ1) is 19.1. The number of anilines is 1. The Bertz CT molecular complexity index is 906. The van der Waals surface area contributed by atoms with E-state index < -0.39 is 0 Å². The maximum absolute atomic E-state index is 12.4. The zero-order valence-electron chi connectivity index (χ0n) is 16.5. The number of benzene rings is 1. The second-order valence-corrected chi connectivity index (χ2v) is 8.88. The lowest BCUT2D eigenvalue weighted by Gasteiger charge is -2.31. The van der Waals surface area contributed by atoms with Crippen LogP contribution in [0.5, 0.6) is 0 Å². The van der Waals surface area contributed by atoms with E-state index in [-0.39, 0.29) is 5.91 Å². The molecule has 3 aromatic rings. The Morgan fingerprint density at radius 2 is 2.07 bits per heavy atom. The Morgan fingerprint density at radius 3 is 2.82 bits per heavy atom. The summed E-state index contributed by atoms with van der Waals surface area (Å²) in [5, 5.41) is 3.64.